The molecule has 0 aliphatic heterocycles. The van der Waals surface area contributed by atoms with E-state index in [2.05, 4.69) is 26.0 Å². The molecule has 7 nitrogen and oxygen atoms in total. The topological polar surface area (TPSA) is 68.0 Å². The van der Waals surface area contributed by atoms with Crippen molar-refractivity contribution in [2.75, 3.05) is 13.6 Å². The number of fused-ring (bicyclic) bond motifs is 1. The van der Waals surface area contributed by atoms with E-state index in [-0.39, 0.29) is 6.03 Å². The molecular formula is C17H22N6O. The van der Waals surface area contributed by atoms with Gasteiger partial charge >= 0.3 is 6.03 Å². The van der Waals surface area contributed by atoms with Crippen LogP contribution in [0, 0.1) is 0 Å². The van der Waals surface area contributed by atoms with Crippen LogP contribution in [-0.4, -0.2) is 43.9 Å². The molecule has 0 unspecified atom stereocenters. The van der Waals surface area contributed by atoms with Crippen molar-refractivity contribution < 1.29 is 4.79 Å². The Morgan fingerprint density at radius 2 is 2.17 bits per heavy atom. The summed E-state index contributed by atoms with van der Waals surface area (Å²) in [6.07, 6.45) is 6.38. The van der Waals surface area contributed by atoms with Crippen molar-refractivity contribution in [1.29, 1.82) is 0 Å². The fourth-order valence-electron chi connectivity index (χ4n) is 2.67. The van der Waals surface area contributed by atoms with E-state index in [4.69, 9.17) is 0 Å². The number of carbonyl (C=O) groups is 1. The maximum atomic E-state index is 12.1. The first-order valence-electron chi connectivity index (χ1n) is 8.00. The fourth-order valence-corrected chi connectivity index (χ4v) is 2.67. The highest BCUT2D eigenvalue weighted by Gasteiger charge is 2.09. The van der Waals surface area contributed by atoms with E-state index in [0.29, 0.717) is 13.1 Å². The molecule has 0 saturated heterocycles. The number of nitrogens with one attached hydrogen (secondary N) is 1. The summed E-state index contributed by atoms with van der Waals surface area (Å²) in [6.45, 7) is 2.00. The standard InChI is InChI=1S/C17H22N6O/c1-21(11-14-10-20-22(2)12-14)17(24)18-8-5-9-23-13-19-15-6-3-4-7-16(15)23/h3-4,6-7,10,12-13H,5,8-9,11H2,1-2H3,(H,18,24). The Morgan fingerprint density at radius 1 is 1.33 bits per heavy atom. The summed E-state index contributed by atoms with van der Waals surface area (Å²) in [5, 5.41) is 7.05. The third kappa shape index (κ3) is 3.73. The van der Waals surface area contributed by atoms with Crippen LogP contribution in [0.5, 0.6) is 0 Å². The van der Waals surface area contributed by atoms with Crippen LogP contribution in [0.3, 0.4) is 0 Å². The molecule has 2 amide bonds. The predicted molar refractivity (Wildman–Crippen MR) is 92.4 cm³/mol. The number of nitrogens with zero attached hydrogens (tertiary/aromatic N) is 5. The van der Waals surface area contributed by atoms with Gasteiger partial charge in [0.2, 0.25) is 0 Å². The van der Waals surface area contributed by atoms with Crippen molar-refractivity contribution in [3.05, 3.63) is 48.5 Å². The summed E-state index contributed by atoms with van der Waals surface area (Å²) in [7, 11) is 3.65. The number of imidazole rings is 1. The van der Waals surface area contributed by atoms with Crippen molar-refractivity contribution >= 4 is 17.1 Å². The number of urea groups is 1. The lowest BCUT2D eigenvalue weighted by Gasteiger charge is -2.17. The minimum absolute atomic E-state index is 0.0747. The fraction of sp³-hybridized carbons (Fsp3) is 0.353. The zero-order valence-corrected chi connectivity index (χ0v) is 14.0. The maximum Gasteiger partial charge on any atom is 0.317 e. The number of aromatic nitrogens is 4. The summed E-state index contributed by atoms with van der Waals surface area (Å²) in [5.74, 6) is 0. The monoisotopic (exact) mass is 326 g/mol. The molecule has 3 rings (SSSR count). The number of benzene rings is 1. The molecule has 7 heteroatoms. The molecular weight excluding hydrogens is 304 g/mol. The summed E-state index contributed by atoms with van der Waals surface area (Å²) < 4.78 is 3.84. The number of aryl methyl sites for hydroxylation is 2. The van der Waals surface area contributed by atoms with Gasteiger partial charge in [0.1, 0.15) is 0 Å². The molecule has 1 aromatic carbocycles. The van der Waals surface area contributed by atoms with Crippen LogP contribution in [0.1, 0.15) is 12.0 Å². The first-order chi connectivity index (χ1) is 11.6. The molecule has 1 N–H and O–H groups in total. The van der Waals surface area contributed by atoms with E-state index in [1.807, 2.05) is 37.8 Å². The van der Waals surface area contributed by atoms with Gasteiger partial charge in [0, 0.05) is 38.9 Å². The third-order valence-electron chi connectivity index (χ3n) is 3.90. The quantitative estimate of drug-likeness (QED) is 0.705. The number of amides is 2. The molecule has 24 heavy (non-hydrogen) atoms. The van der Waals surface area contributed by atoms with Gasteiger partial charge in [-0.05, 0) is 18.6 Å². The van der Waals surface area contributed by atoms with Crippen molar-refractivity contribution in [2.24, 2.45) is 7.05 Å². The number of carbonyl (C=O) groups excluding carboxylic acids is 1. The number of rotatable bonds is 6. The lowest BCUT2D eigenvalue weighted by atomic mass is 10.3. The highest BCUT2D eigenvalue weighted by molar-refractivity contribution is 5.75. The van der Waals surface area contributed by atoms with E-state index in [1.165, 1.54) is 0 Å². The van der Waals surface area contributed by atoms with Crippen LogP contribution < -0.4 is 5.32 Å². The SMILES string of the molecule is CN(Cc1cnn(C)c1)C(=O)NCCCn1cnc2ccccc21. The van der Waals surface area contributed by atoms with Gasteiger partial charge in [-0.1, -0.05) is 12.1 Å². The summed E-state index contributed by atoms with van der Waals surface area (Å²) in [4.78, 5) is 18.1. The predicted octanol–water partition coefficient (Wildman–Crippen LogP) is 2.00. The average molecular weight is 326 g/mol. The molecule has 126 valence electrons. The van der Waals surface area contributed by atoms with Gasteiger partial charge in [0.25, 0.3) is 0 Å². The molecule has 0 atom stereocenters. The van der Waals surface area contributed by atoms with Crippen LogP contribution in [0.4, 0.5) is 4.79 Å². The molecule has 0 bridgehead atoms. The summed E-state index contributed by atoms with van der Waals surface area (Å²) >= 11 is 0. The van der Waals surface area contributed by atoms with Crippen LogP contribution in [-0.2, 0) is 20.1 Å². The van der Waals surface area contributed by atoms with Gasteiger partial charge in [-0.25, -0.2) is 9.78 Å². The molecule has 0 aliphatic carbocycles. The molecule has 0 saturated carbocycles. The molecule has 3 aromatic rings. The second-order valence-electron chi connectivity index (χ2n) is 5.89. The zero-order chi connectivity index (χ0) is 16.9. The van der Waals surface area contributed by atoms with E-state index >= 15 is 0 Å². The van der Waals surface area contributed by atoms with Crippen molar-refractivity contribution in [1.82, 2.24) is 29.5 Å². The van der Waals surface area contributed by atoms with Gasteiger partial charge < -0.3 is 14.8 Å². The van der Waals surface area contributed by atoms with Crippen molar-refractivity contribution in [3.8, 4) is 0 Å². The molecule has 0 aliphatic rings. The Morgan fingerprint density at radius 3 is 2.96 bits per heavy atom. The molecule has 0 spiro atoms. The Kier molecular flexibility index (Phi) is 4.79. The highest BCUT2D eigenvalue weighted by Crippen LogP contribution is 2.11. The zero-order valence-electron chi connectivity index (χ0n) is 14.0. The van der Waals surface area contributed by atoms with Gasteiger partial charge in [-0.15, -0.1) is 0 Å². The van der Waals surface area contributed by atoms with Gasteiger partial charge in [0.05, 0.1) is 30.1 Å². The van der Waals surface area contributed by atoms with Crippen LogP contribution in [0.2, 0.25) is 0 Å². The Balaban J connectivity index is 1.43. The molecule has 2 aromatic heterocycles. The maximum absolute atomic E-state index is 12.1. The van der Waals surface area contributed by atoms with Crippen molar-refractivity contribution in [3.63, 3.8) is 0 Å². The second-order valence-corrected chi connectivity index (χ2v) is 5.89. The summed E-state index contributed by atoms with van der Waals surface area (Å²) in [6, 6.07) is 7.98. The van der Waals surface area contributed by atoms with Gasteiger partial charge in [0.15, 0.2) is 0 Å². The smallest absolute Gasteiger partial charge is 0.317 e. The number of hydrogen-bond donors (Lipinski definition) is 1. The first kappa shape index (κ1) is 16.0. The first-order valence-corrected chi connectivity index (χ1v) is 8.00. The second kappa shape index (κ2) is 7.16. The van der Waals surface area contributed by atoms with Crippen LogP contribution in [0.25, 0.3) is 11.0 Å². The largest absolute Gasteiger partial charge is 0.338 e. The number of para-hydroxylation sites is 2. The van der Waals surface area contributed by atoms with Gasteiger partial charge in [-0.2, -0.15) is 5.10 Å². The van der Waals surface area contributed by atoms with Crippen LogP contribution >= 0.6 is 0 Å². The Hall–Kier alpha value is -2.83. The Bertz CT molecular complexity index is 821. The molecule has 0 fully saturated rings. The minimum Gasteiger partial charge on any atom is -0.338 e. The lowest BCUT2D eigenvalue weighted by Crippen LogP contribution is -2.37. The normalized spacial score (nSPS) is 10.9. The van der Waals surface area contributed by atoms with Crippen molar-refractivity contribution in [2.45, 2.75) is 19.5 Å². The third-order valence-corrected chi connectivity index (χ3v) is 3.90. The minimum atomic E-state index is -0.0747. The van der Waals surface area contributed by atoms with E-state index in [9.17, 15) is 4.79 Å². The summed E-state index contributed by atoms with van der Waals surface area (Å²) in [5.41, 5.74) is 3.13. The molecule has 2 heterocycles. The lowest BCUT2D eigenvalue weighted by molar-refractivity contribution is 0.206. The van der Waals surface area contributed by atoms with E-state index in [0.717, 1.165) is 29.6 Å². The molecule has 0 radical (unpaired) electrons. The highest BCUT2D eigenvalue weighted by atomic mass is 16.2. The van der Waals surface area contributed by atoms with Crippen LogP contribution in [0.15, 0.2) is 43.0 Å². The Labute approximate surface area is 140 Å². The van der Waals surface area contributed by atoms with E-state index in [1.54, 1.807) is 22.8 Å². The van der Waals surface area contributed by atoms with Gasteiger partial charge in [-0.3, -0.25) is 4.68 Å². The average Bonchev–Trinajstić information content (AvgIpc) is 3.17. The number of hydrogen-bond acceptors (Lipinski definition) is 3. The van der Waals surface area contributed by atoms with E-state index < -0.39 is 0 Å².